The number of aliphatic imine (C=N–C) groups is 1. The van der Waals surface area contributed by atoms with Gasteiger partial charge in [0, 0.05) is 19.1 Å². The Balaban J connectivity index is 2.18. The van der Waals surface area contributed by atoms with Crippen molar-refractivity contribution in [2.24, 2.45) is 10.7 Å². The van der Waals surface area contributed by atoms with Crippen LogP contribution in [0.25, 0.3) is 0 Å². The van der Waals surface area contributed by atoms with Gasteiger partial charge in [0.1, 0.15) is 12.3 Å². The topological polar surface area (TPSA) is 104 Å². The molecule has 0 radical (unpaired) electrons. The van der Waals surface area contributed by atoms with Gasteiger partial charge in [-0.15, -0.1) is 0 Å². The predicted octanol–water partition coefficient (Wildman–Crippen LogP) is 1.18. The first kappa shape index (κ1) is 19.8. The van der Waals surface area contributed by atoms with E-state index in [1.54, 1.807) is 6.07 Å². The minimum absolute atomic E-state index is 0.0795. The molecule has 1 saturated heterocycles. The fourth-order valence-electron chi connectivity index (χ4n) is 3.49. The molecule has 144 valence electrons. The minimum atomic E-state index is -0.607. The number of carbonyl (C=O) groups is 2. The molecule has 0 saturated carbocycles. The van der Waals surface area contributed by atoms with Crippen LogP contribution >= 0.6 is 0 Å². The van der Waals surface area contributed by atoms with Crippen molar-refractivity contribution in [3.63, 3.8) is 0 Å². The minimum Gasteiger partial charge on any atom is -0.454 e. The van der Waals surface area contributed by atoms with Crippen LogP contribution in [0.5, 0.6) is 0 Å². The summed E-state index contributed by atoms with van der Waals surface area (Å²) in [5.41, 5.74) is 4.90. The number of hydrogen-bond acceptors (Lipinski definition) is 4. The Labute approximate surface area is 154 Å². The van der Waals surface area contributed by atoms with Crippen LogP contribution in [0.1, 0.15) is 50.9 Å². The van der Waals surface area contributed by atoms with Crippen molar-refractivity contribution in [2.75, 3.05) is 19.6 Å². The van der Waals surface area contributed by atoms with Gasteiger partial charge in [0.05, 0.1) is 12.1 Å². The molecule has 2 heterocycles. The maximum atomic E-state index is 12.7. The average molecular weight is 363 g/mol. The van der Waals surface area contributed by atoms with Crippen molar-refractivity contribution in [3.05, 3.63) is 23.7 Å². The molecule has 1 fully saturated rings. The number of nitrogens with one attached hydrogen (secondary N) is 1. The lowest BCUT2D eigenvalue weighted by atomic mass is 9.96. The van der Waals surface area contributed by atoms with Gasteiger partial charge in [-0.25, -0.2) is 4.99 Å². The summed E-state index contributed by atoms with van der Waals surface area (Å²) < 4.78 is 5.37. The summed E-state index contributed by atoms with van der Waals surface area (Å²) in [5, 5.41) is 3.23. The maximum Gasteiger partial charge on any atom is 0.284 e. The molecular formula is C18H29N5O3. The van der Waals surface area contributed by atoms with Crippen LogP contribution in [0.2, 0.25) is 0 Å². The number of piperazine rings is 1. The maximum absolute atomic E-state index is 12.7. The first-order valence-corrected chi connectivity index (χ1v) is 8.89. The lowest BCUT2D eigenvalue weighted by molar-refractivity contribution is -0.145. The van der Waals surface area contributed by atoms with E-state index in [1.807, 2.05) is 30.6 Å². The standard InChI is InChI=1S/C18H29N5O3/c1-6-20-17(21-9-13-7-8-14(26-13)16(19)25)22-10-15(24)23(12(2)3)18(4,5)11-22/h7-8,12H,6,9-11H2,1-5H3,(H2,19,25)(H,20,21). The first-order chi connectivity index (χ1) is 12.2. The molecule has 0 aliphatic carbocycles. The van der Waals surface area contributed by atoms with Gasteiger partial charge >= 0.3 is 0 Å². The monoisotopic (exact) mass is 363 g/mol. The second-order valence-corrected chi connectivity index (χ2v) is 7.33. The average Bonchev–Trinajstić information content (AvgIpc) is 2.98. The lowest BCUT2D eigenvalue weighted by Gasteiger charge is -2.49. The third-order valence-electron chi connectivity index (χ3n) is 4.26. The fraction of sp³-hybridized carbons (Fsp3) is 0.611. The molecule has 26 heavy (non-hydrogen) atoms. The SMILES string of the molecule is CCNC(=NCc1ccc(C(N)=O)o1)N1CC(=O)N(C(C)C)C(C)(C)C1. The molecule has 2 amide bonds. The third-order valence-corrected chi connectivity index (χ3v) is 4.26. The molecule has 0 unspecified atom stereocenters. The number of primary amides is 1. The summed E-state index contributed by atoms with van der Waals surface area (Å²) in [7, 11) is 0. The number of hydrogen-bond donors (Lipinski definition) is 2. The molecular weight excluding hydrogens is 334 g/mol. The smallest absolute Gasteiger partial charge is 0.284 e. The quantitative estimate of drug-likeness (QED) is 0.604. The van der Waals surface area contributed by atoms with Crippen molar-refractivity contribution in [2.45, 2.75) is 52.7 Å². The van der Waals surface area contributed by atoms with E-state index in [1.165, 1.54) is 6.07 Å². The summed E-state index contributed by atoms with van der Waals surface area (Å²) in [4.78, 5) is 32.2. The Morgan fingerprint density at radius 2 is 2.12 bits per heavy atom. The zero-order valence-corrected chi connectivity index (χ0v) is 16.2. The molecule has 2 rings (SSSR count). The van der Waals surface area contributed by atoms with Crippen LogP contribution in [-0.4, -0.2) is 58.8 Å². The Hall–Kier alpha value is -2.51. The molecule has 0 spiro atoms. The van der Waals surface area contributed by atoms with Crippen LogP contribution in [-0.2, 0) is 11.3 Å². The predicted molar refractivity (Wildman–Crippen MR) is 99.7 cm³/mol. The van der Waals surface area contributed by atoms with E-state index in [2.05, 4.69) is 24.2 Å². The Kier molecular flexibility index (Phi) is 5.94. The summed E-state index contributed by atoms with van der Waals surface area (Å²) in [6, 6.07) is 3.36. The third kappa shape index (κ3) is 4.36. The van der Waals surface area contributed by atoms with Gasteiger partial charge in [0.2, 0.25) is 5.91 Å². The summed E-state index contributed by atoms with van der Waals surface area (Å²) in [6.07, 6.45) is 0. The van der Waals surface area contributed by atoms with Crippen LogP contribution in [0.15, 0.2) is 21.5 Å². The second-order valence-electron chi connectivity index (χ2n) is 7.33. The highest BCUT2D eigenvalue weighted by Crippen LogP contribution is 2.24. The summed E-state index contributed by atoms with van der Waals surface area (Å²) in [5.74, 6) is 0.775. The molecule has 3 N–H and O–H groups in total. The van der Waals surface area contributed by atoms with Crippen molar-refractivity contribution in [1.82, 2.24) is 15.1 Å². The fourth-order valence-corrected chi connectivity index (χ4v) is 3.49. The molecule has 8 nitrogen and oxygen atoms in total. The number of furan rings is 1. The number of guanidine groups is 1. The van der Waals surface area contributed by atoms with Gasteiger partial charge in [-0.05, 0) is 46.8 Å². The Morgan fingerprint density at radius 1 is 1.42 bits per heavy atom. The van der Waals surface area contributed by atoms with Crippen molar-refractivity contribution in [1.29, 1.82) is 0 Å². The Bertz CT molecular complexity index is 693. The largest absolute Gasteiger partial charge is 0.454 e. The zero-order valence-electron chi connectivity index (χ0n) is 16.2. The molecule has 8 heteroatoms. The lowest BCUT2D eigenvalue weighted by Crippen LogP contribution is -2.66. The number of nitrogens with zero attached hydrogens (tertiary/aromatic N) is 3. The van der Waals surface area contributed by atoms with Gasteiger partial charge < -0.3 is 25.3 Å². The highest BCUT2D eigenvalue weighted by molar-refractivity contribution is 5.90. The van der Waals surface area contributed by atoms with Crippen LogP contribution in [0, 0.1) is 0 Å². The highest BCUT2D eigenvalue weighted by Gasteiger charge is 2.40. The van der Waals surface area contributed by atoms with Gasteiger partial charge in [0.25, 0.3) is 5.91 Å². The van der Waals surface area contributed by atoms with Gasteiger partial charge in [-0.1, -0.05) is 0 Å². The van der Waals surface area contributed by atoms with E-state index >= 15 is 0 Å². The van der Waals surface area contributed by atoms with Gasteiger partial charge in [-0.2, -0.15) is 0 Å². The van der Waals surface area contributed by atoms with Crippen LogP contribution in [0.3, 0.4) is 0 Å². The molecule has 0 aromatic carbocycles. The number of amides is 2. The van der Waals surface area contributed by atoms with Crippen LogP contribution in [0.4, 0.5) is 0 Å². The normalized spacial score (nSPS) is 17.8. The molecule has 1 aliphatic rings. The molecule has 0 atom stereocenters. The second kappa shape index (κ2) is 7.80. The van der Waals surface area contributed by atoms with E-state index in [0.29, 0.717) is 24.8 Å². The van der Waals surface area contributed by atoms with Crippen molar-refractivity contribution in [3.8, 4) is 0 Å². The number of carbonyl (C=O) groups excluding carboxylic acids is 2. The van der Waals surface area contributed by atoms with Crippen molar-refractivity contribution < 1.29 is 14.0 Å². The molecule has 1 aromatic rings. The van der Waals surface area contributed by atoms with E-state index in [4.69, 9.17) is 10.2 Å². The first-order valence-electron chi connectivity index (χ1n) is 8.89. The van der Waals surface area contributed by atoms with E-state index in [0.717, 1.165) is 0 Å². The Morgan fingerprint density at radius 3 is 2.62 bits per heavy atom. The van der Waals surface area contributed by atoms with Gasteiger partial charge in [-0.3, -0.25) is 9.59 Å². The zero-order chi connectivity index (χ0) is 19.5. The van der Waals surface area contributed by atoms with E-state index in [9.17, 15) is 9.59 Å². The molecule has 0 bridgehead atoms. The molecule has 1 aromatic heterocycles. The van der Waals surface area contributed by atoms with Crippen molar-refractivity contribution >= 4 is 17.8 Å². The molecule has 1 aliphatic heterocycles. The van der Waals surface area contributed by atoms with Gasteiger partial charge in [0.15, 0.2) is 11.7 Å². The number of nitrogens with two attached hydrogens (primary N) is 1. The highest BCUT2D eigenvalue weighted by atomic mass is 16.3. The van der Waals surface area contributed by atoms with E-state index < -0.39 is 5.91 Å². The van der Waals surface area contributed by atoms with Crippen LogP contribution < -0.4 is 11.1 Å². The van der Waals surface area contributed by atoms with E-state index in [-0.39, 0.29) is 36.3 Å². The number of rotatable bonds is 5. The summed E-state index contributed by atoms with van der Waals surface area (Å²) >= 11 is 0. The summed E-state index contributed by atoms with van der Waals surface area (Å²) in [6.45, 7) is 12.1.